The van der Waals surface area contributed by atoms with E-state index < -0.39 is 17.8 Å². The summed E-state index contributed by atoms with van der Waals surface area (Å²) in [6.07, 6.45) is -0.560. The van der Waals surface area contributed by atoms with Gasteiger partial charge in [-0.1, -0.05) is 6.07 Å². The number of hydrogen-bond donors (Lipinski definition) is 1. The number of halogens is 1. The highest BCUT2D eigenvalue weighted by Gasteiger charge is 2.48. The lowest BCUT2D eigenvalue weighted by Gasteiger charge is -2.35. The number of carboxylic acid groups (broad SMARTS) is 1. The Hall–Kier alpha value is -2.31. The number of amides is 2. The lowest BCUT2D eigenvalue weighted by molar-refractivity contribution is 0.00453. The van der Waals surface area contributed by atoms with Gasteiger partial charge >= 0.3 is 12.2 Å². The first-order valence-corrected chi connectivity index (χ1v) is 7.15. The maximum absolute atomic E-state index is 13.7. The van der Waals surface area contributed by atoms with Gasteiger partial charge in [-0.15, -0.1) is 0 Å². The second kappa shape index (κ2) is 5.15. The highest BCUT2D eigenvalue weighted by atomic mass is 19.1. The van der Waals surface area contributed by atoms with Crippen LogP contribution in [0.3, 0.4) is 0 Å². The summed E-state index contributed by atoms with van der Waals surface area (Å²) >= 11 is 0. The van der Waals surface area contributed by atoms with Crippen LogP contribution in [0.2, 0.25) is 0 Å². The molecule has 6 nitrogen and oxygen atoms in total. The van der Waals surface area contributed by atoms with Crippen LogP contribution in [0.1, 0.15) is 18.4 Å². The van der Waals surface area contributed by atoms with E-state index in [0.29, 0.717) is 43.7 Å². The first-order valence-electron chi connectivity index (χ1n) is 7.15. The van der Waals surface area contributed by atoms with Crippen LogP contribution in [-0.4, -0.2) is 47.4 Å². The molecular weight excluding hydrogens is 291 g/mol. The van der Waals surface area contributed by atoms with Crippen LogP contribution in [0.25, 0.3) is 0 Å². The second-order valence-corrected chi connectivity index (χ2v) is 5.84. The molecule has 2 fully saturated rings. The van der Waals surface area contributed by atoms with Crippen molar-refractivity contribution >= 4 is 17.9 Å². The summed E-state index contributed by atoms with van der Waals surface area (Å²) in [7, 11) is 0. The number of hydrogen-bond acceptors (Lipinski definition) is 3. The van der Waals surface area contributed by atoms with Crippen molar-refractivity contribution in [3.8, 4) is 0 Å². The fourth-order valence-electron chi connectivity index (χ4n) is 2.94. The normalized spacial score (nSPS) is 20.4. The third kappa shape index (κ3) is 2.47. The standard InChI is InChI=1S/C15H17FN2O4/c1-10-2-3-11(8-12(10)16)18-9-15(22-14(18)21)4-6-17(7-5-15)13(19)20/h2-3,8H,4-7,9H2,1H3,(H,19,20). The molecule has 0 atom stereocenters. The van der Waals surface area contributed by atoms with Crippen molar-refractivity contribution in [3.63, 3.8) is 0 Å². The Morgan fingerprint density at radius 2 is 2.05 bits per heavy atom. The van der Waals surface area contributed by atoms with Crippen LogP contribution in [-0.2, 0) is 4.74 Å². The summed E-state index contributed by atoms with van der Waals surface area (Å²) in [4.78, 5) is 25.8. The minimum absolute atomic E-state index is 0.321. The SMILES string of the molecule is Cc1ccc(N2CC3(CCN(C(=O)O)CC3)OC2=O)cc1F. The zero-order chi connectivity index (χ0) is 15.9. The zero-order valence-electron chi connectivity index (χ0n) is 12.2. The Morgan fingerprint density at radius 3 is 2.64 bits per heavy atom. The third-order valence-electron chi connectivity index (χ3n) is 4.38. The van der Waals surface area contributed by atoms with E-state index in [9.17, 15) is 14.0 Å². The molecule has 2 heterocycles. The quantitative estimate of drug-likeness (QED) is 0.865. The van der Waals surface area contributed by atoms with Gasteiger partial charge in [0.1, 0.15) is 11.4 Å². The van der Waals surface area contributed by atoms with Crippen LogP contribution in [0, 0.1) is 12.7 Å². The van der Waals surface area contributed by atoms with Gasteiger partial charge in [0, 0.05) is 25.9 Å². The number of anilines is 1. The van der Waals surface area contributed by atoms with Crippen molar-refractivity contribution in [1.29, 1.82) is 0 Å². The average Bonchev–Trinajstić information content (AvgIpc) is 2.79. The maximum Gasteiger partial charge on any atom is 0.415 e. The first kappa shape index (κ1) is 14.6. The van der Waals surface area contributed by atoms with Crippen molar-refractivity contribution in [2.24, 2.45) is 0 Å². The summed E-state index contributed by atoms with van der Waals surface area (Å²) < 4.78 is 19.2. The topological polar surface area (TPSA) is 70.1 Å². The number of ether oxygens (including phenoxy) is 1. The Kier molecular flexibility index (Phi) is 3.42. The van der Waals surface area contributed by atoms with Crippen LogP contribution < -0.4 is 4.90 Å². The predicted octanol–water partition coefficient (Wildman–Crippen LogP) is 2.60. The van der Waals surface area contributed by atoms with E-state index in [0.717, 1.165) is 0 Å². The van der Waals surface area contributed by atoms with Crippen molar-refractivity contribution < 1.29 is 23.8 Å². The fraction of sp³-hybridized carbons (Fsp3) is 0.467. The lowest BCUT2D eigenvalue weighted by atomic mass is 9.91. The molecule has 0 bridgehead atoms. The molecule has 1 aromatic rings. The van der Waals surface area contributed by atoms with E-state index in [4.69, 9.17) is 9.84 Å². The monoisotopic (exact) mass is 308 g/mol. The van der Waals surface area contributed by atoms with Crippen LogP contribution in [0.4, 0.5) is 19.7 Å². The van der Waals surface area contributed by atoms with E-state index in [1.54, 1.807) is 19.1 Å². The number of aryl methyl sites for hydroxylation is 1. The van der Waals surface area contributed by atoms with E-state index in [-0.39, 0.29) is 5.82 Å². The molecule has 2 aliphatic heterocycles. The van der Waals surface area contributed by atoms with E-state index in [1.807, 2.05) is 0 Å². The maximum atomic E-state index is 13.7. The van der Waals surface area contributed by atoms with Crippen LogP contribution in [0.5, 0.6) is 0 Å². The molecule has 22 heavy (non-hydrogen) atoms. The predicted molar refractivity (Wildman–Crippen MR) is 76.5 cm³/mol. The summed E-state index contributed by atoms with van der Waals surface area (Å²) in [5.74, 6) is -0.369. The fourth-order valence-corrected chi connectivity index (χ4v) is 2.94. The van der Waals surface area contributed by atoms with Gasteiger partial charge in [-0.05, 0) is 24.6 Å². The van der Waals surface area contributed by atoms with E-state index in [2.05, 4.69) is 0 Å². The number of benzene rings is 1. The molecule has 2 aliphatic rings. The van der Waals surface area contributed by atoms with Gasteiger partial charge in [0.25, 0.3) is 0 Å². The summed E-state index contributed by atoms with van der Waals surface area (Å²) in [6.45, 7) is 2.64. The molecule has 2 saturated heterocycles. The number of carbonyl (C=O) groups is 2. The molecule has 0 radical (unpaired) electrons. The summed E-state index contributed by atoms with van der Waals surface area (Å²) in [5, 5.41) is 8.97. The second-order valence-electron chi connectivity index (χ2n) is 5.84. The molecule has 0 aromatic heterocycles. The van der Waals surface area contributed by atoms with Gasteiger partial charge in [0.15, 0.2) is 0 Å². The minimum Gasteiger partial charge on any atom is -0.465 e. The number of carbonyl (C=O) groups excluding carboxylic acids is 1. The van der Waals surface area contributed by atoms with Gasteiger partial charge in [-0.2, -0.15) is 0 Å². The summed E-state index contributed by atoms with van der Waals surface area (Å²) in [6, 6.07) is 4.63. The number of likely N-dealkylation sites (tertiary alicyclic amines) is 1. The van der Waals surface area contributed by atoms with Gasteiger partial charge in [-0.3, -0.25) is 4.90 Å². The number of piperidine rings is 1. The van der Waals surface area contributed by atoms with Gasteiger partial charge in [0.2, 0.25) is 0 Å². The molecule has 3 rings (SSSR count). The van der Waals surface area contributed by atoms with Crippen molar-refractivity contribution in [2.75, 3.05) is 24.5 Å². The average molecular weight is 308 g/mol. The molecule has 7 heteroatoms. The highest BCUT2D eigenvalue weighted by molar-refractivity contribution is 5.90. The largest absolute Gasteiger partial charge is 0.465 e. The third-order valence-corrected chi connectivity index (χ3v) is 4.38. The number of nitrogens with zero attached hydrogens (tertiary/aromatic N) is 2. The Morgan fingerprint density at radius 1 is 1.36 bits per heavy atom. The number of rotatable bonds is 1. The van der Waals surface area contributed by atoms with Crippen LogP contribution in [0.15, 0.2) is 18.2 Å². The van der Waals surface area contributed by atoms with Crippen molar-refractivity contribution in [1.82, 2.24) is 4.90 Å². The Balaban J connectivity index is 1.76. The van der Waals surface area contributed by atoms with Crippen molar-refractivity contribution in [3.05, 3.63) is 29.6 Å². The smallest absolute Gasteiger partial charge is 0.415 e. The molecule has 0 saturated carbocycles. The highest BCUT2D eigenvalue weighted by Crippen LogP contribution is 2.36. The molecular formula is C15H17FN2O4. The molecule has 1 spiro atoms. The molecule has 1 aromatic carbocycles. The Labute approximate surface area is 127 Å². The lowest BCUT2D eigenvalue weighted by Crippen LogP contribution is -2.48. The van der Waals surface area contributed by atoms with Crippen LogP contribution >= 0.6 is 0 Å². The van der Waals surface area contributed by atoms with E-state index >= 15 is 0 Å². The summed E-state index contributed by atoms with van der Waals surface area (Å²) in [5.41, 5.74) is 0.302. The molecule has 1 N–H and O–H groups in total. The molecule has 0 unspecified atom stereocenters. The van der Waals surface area contributed by atoms with E-state index in [1.165, 1.54) is 15.9 Å². The van der Waals surface area contributed by atoms with Crippen molar-refractivity contribution in [2.45, 2.75) is 25.4 Å². The molecule has 118 valence electrons. The Bertz CT molecular complexity index is 626. The molecule has 0 aliphatic carbocycles. The minimum atomic E-state index is -0.961. The molecule has 2 amide bonds. The van der Waals surface area contributed by atoms with Gasteiger partial charge in [-0.25, -0.2) is 14.0 Å². The van der Waals surface area contributed by atoms with Gasteiger partial charge < -0.3 is 14.7 Å². The van der Waals surface area contributed by atoms with Gasteiger partial charge in [0.05, 0.1) is 12.2 Å². The zero-order valence-corrected chi connectivity index (χ0v) is 12.2. The first-order chi connectivity index (χ1) is 10.4.